The highest BCUT2D eigenvalue weighted by Gasteiger charge is 2.21. The predicted molar refractivity (Wildman–Crippen MR) is 105 cm³/mol. The number of hydrogen-bond acceptors (Lipinski definition) is 2. The second-order valence-corrected chi connectivity index (χ2v) is 7.12. The van der Waals surface area contributed by atoms with Crippen LogP contribution in [0, 0.1) is 11.6 Å². The zero-order valence-electron chi connectivity index (χ0n) is 15.0. The van der Waals surface area contributed by atoms with Crippen LogP contribution in [0.15, 0.2) is 47.5 Å². The van der Waals surface area contributed by atoms with E-state index in [1.165, 1.54) is 6.07 Å². The molecule has 0 unspecified atom stereocenters. The van der Waals surface area contributed by atoms with Crippen LogP contribution in [0.2, 0.25) is 5.02 Å². The number of nitrogens with zero attached hydrogens (tertiary/aromatic N) is 1. The van der Waals surface area contributed by atoms with Gasteiger partial charge >= 0.3 is 0 Å². The van der Waals surface area contributed by atoms with Gasteiger partial charge in [0.2, 0.25) is 5.96 Å². The van der Waals surface area contributed by atoms with E-state index in [-0.39, 0.29) is 23.7 Å². The minimum absolute atomic E-state index is 0.0200. The fraction of sp³-hybridized carbons (Fsp3) is 0.300. The standard InChI is InChI=1S/C20H20ClF2N3O2/c21-13-2-1-3-15(11-13)25-20(24-14-5-7-16(27)8-6-14)26-19(28)12-4-9-17(22)18(23)10-12/h1-4,9-11,14,16,27H,5-8H2,(H2,24,25,26,28)/t14-,16-. The summed E-state index contributed by atoms with van der Waals surface area (Å²) in [5, 5.41) is 16.3. The van der Waals surface area contributed by atoms with Gasteiger partial charge < -0.3 is 15.7 Å². The zero-order chi connectivity index (χ0) is 20.1. The van der Waals surface area contributed by atoms with Crippen molar-refractivity contribution in [3.63, 3.8) is 0 Å². The maximum atomic E-state index is 13.4. The number of amides is 1. The summed E-state index contributed by atoms with van der Waals surface area (Å²) in [6, 6.07) is 9.79. The van der Waals surface area contributed by atoms with Crippen molar-refractivity contribution in [2.45, 2.75) is 37.8 Å². The first-order valence-corrected chi connectivity index (χ1v) is 9.34. The molecule has 0 heterocycles. The number of carbonyl (C=O) groups excluding carboxylic acids is 1. The van der Waals surface area contributed by atoms with Crippen LogP contribution in [0.1, 0.15) is 36.0 Å². The smallest absolute Gasteiger partial charge is 0.280 e. The topological polar surface area (TPSA) is 73.7 Å². The molecular weight excluding hydrogens is 388 g/mol. The van der Waals surface area contributed by atoms with Crippen molar-refractivity contribution < 1.29 is 18.7 Å². The number of guanidine groups is 1. The molecule has 1 aliphatic carbocycles. The number of halogens is 3. The van der Waals surface area contributed by atoms with Crippen molar-refractivity contribution in [1.82, 2.24) is 5.32 Å². The van der Waals surface area contributed by atoms with Gasteiger partial charge in [-0.05, 0) is 62.1 Å². The van der Waals surface area contributed by atoms with Crippen LogP contribution in [0.5, 0.6) is 0 Å². The summed E-state index contributed by atoms with van der Waals surface area (Å²) in [5.74, 6) is -2.68. The van der Waals surface area contributed by atoms with Crippen LogP contribution >= 0.6 is 11.6 Å². The van der Waals surface area contributed by atoms with E-state index in [1.807, 2.05) is 0 Å². The third kappa shape index (κ3) is 5.50. The van der Waals surface area contributed by atoms with E-state index in [0.29, 0.717) is 23.6 Å². The van der Waals surface area contributed by atoms with E-state index in [0.717, 1.165) is 25.0 Å². The Hall–Kier alpha value is -2.51. The average molecular weight is 408 g/mol. The number of nitrogens with one attached hydrogen (secondary N) is 2. The van der Waals surface area contributed by atoms with Gasteiger partial charge in [-0.2, -0.15) is 4.99 Å². The van der Waals surface area contributed by atoms with Crippen molar-refractivity contribution >= 4 is 29.2 Å². The molecule has 5 nitrogen and oxygen atoms in total. The van der Waals surface area contributed by atoms with Gasteiger partial charge in [0, 0.05) is 22.3 Å². The summed E-state index contributed by atoms with van der Waals surface area (Å²) >= 11 is 6.00. The molecule has 0 aliphatic heterocycles. The second kappa shape index (κ2) is 9.12. The van der Waals surface area contributed by atoms with Crippen LogP contribution < -0.4 is 10.6 Å². The largest absolute Gasteiger partial charge is 0.393 e. The van der Waals surface area contributed by atoms with Crippen molar-refractivity contribution in [2.24, 2.45) is 4.99 Å². The maximum Gasteiger partial charge on any atom is 0.280 e. The fourth-order valence-corrected chi connectivity index (χ4v) is 3.20. The summed E-state index contributed by atoms with van der Waals surface area (Å²) in [6.07, 6.45) is 2.43. The van der Waals surface area contributed by atoms with Gasteiger partial charge in [0.1, 0.15) is 0 Å². The molecule has 148 valence electrons. The van der Waals surface area contributed by atoms with Crippen LogP contribution in [0.4, 0.5) is 14.5 Å². The van der Waals surface area contributed by atoms with E-state index < -0.39 is 17.5 Å². The predicted octanol–water partition coefficient (Wildman–Crippen LogP) is 4.12. The molecule has 1 amide bonds. The number of aliphatic hydroxyl groups excluding tert-OH is 1. The Morgan fingerprint density at radius 1 is 1.07 bits per heavy atom. The van der Waals surface area contributed by atoms with Gasteiger partial charge in [-0.25, -0.2) is 8.78 Å². The fourth-order valence-electron chi connectivity index (χ4n) is 3.01. The number of benzene rings is 2. The Morgan fingerprint density at radius 2 is 1.82 bits per heavy atom. The minimum atomic E-state index is -1.11. The molecular formula is C20H20ClF2N3O2. The lowest BCUT2D eigenvalue weighted by Crippen LogP contribution is -2.42. The molecule has 0 saturated heterocycles. The molecule has 0 bridgehead atoms. The van der Waals surface area contributed by atoms with Crippen LogP contribution in [-0.2, 0) is 0 Å². The Bertz CT molecular complexity index is 884. The summed E-state index contributed by atoms with van der Waals surface area (Å²) in [6.45, 7) is 0. The third-order valence-corrected chi connectivity index (χ3v) is 4.74. The SMILES string of the molecule is O=C(/N=C(/Nc1cccc(Cl)c1)N[C@H]1CC[C@H](O)CC1)c1ccc(F)c(F)c1. The Balaban J connectivity index is 1.82. The lowest BCUT2D eigenvalue weighted by atomic mass is 9.93. The molecule has 8 heteroatoms. The first-order valence-electron chi connectivity index (χ1n) is 8.96. The highest BCUT2D eigenvalue weighted by molar-refractivity contribution is 6.30. The van der Waals surface area contributed by atoms with Crippen LogP contribution in [0.25, 0.3) is 0 Å². The number of carbonyl (C=O) groups is 1. The lowest BCUT2D eigenvalue weighted by molar-refractivity contribution is 0.100. The molecule has 2 aromatic carbocycles. The van der Waals surface area contributed by atoms with E-state index in [1.54, 1.807) is 24.3 Å². The Kier molecular flexibility index (Phi) is 6.59. The van der Waals surface area contributed by atoms with E-state index in [2.05, 4.69) is 15.6 Å². The van der Waals surface area contributed by atoms with E-state index in [9.17, 15) is 18.7 Å². The molecule has 1 saturated carbocycles. The second-order valence-electron chi connectivity index (χ2n) is 6.68. The first-order chi connectivity index (χ1) is 13.4. The van der Waals surface area contributed by atoms with Crippen molar-refractivity contribution in [2.75, 3.05) is 5.32 Å². The van der Waals surface area contributed by atoms with Gasteiger partial charge in [-0.1, -0.05) is 17.7 Å². The van der Waals surface area contributed by atoms with E-state index in [4.69, 9.17) is 11.6 Å². The van der Waals surface area contributed by atoms with Gasteiger partial charge in [0.15, 0.2) is 11.6 Å². The van der Waals surface area contributed by atoms with Crippen molar-refractivity contribution in [3.8, 4) is 0 Å². The average Bonchev–Trinajstić information content (AvgIpc) is 2.65. The number of rotatable bonds is 3. The molecule has 0 radical (unpaired) electrons. The highest BCUT2D eigenvalue weighted by atomic mass is 35.5. The van der Waals surface area contributed by atoms with Gasteiger partial charge in [-0.3, -0.25) is 4.79 Å². The summed E-state index contributed by atoms with van der Waals surface area (Å²) in [5.41, 5.74) is 0.554. The summed E-state index contributed by atoms with van der Waals surface area (Å²) < 4.78 is 26.5. The number of aliphatic hydroxyl groups is 1. The van der Waals surface area contributed by atoms with Gasteiger partial charge in [0.25, 0.3) is 5.91 Å². The maximum absolute atomic E-state index is 13.4. The van der Waals surface area contributed by atoms with Crippen molar-refractivity contribution in [3.05, 3.63) is 64.7 Å². The molecule has 0 atom stereocenters. The first kappa shape index (κ1) is 20.2. The van der Waals surface area contributed by atoms with Crippen LogP contribution in [-0.4, -0.2) is 29.1 Å². The quantitative estimate of drug-likeness (QED) is 0.528. The number of anilines is 1. The lowest BCUT2D eigenvalue weighted by Gasteiger charge is -2.27. The Labute approximate surface area is 166 Å². The van der Waals surface area contributed by atoms with Gasteiger partial charge in [-0.15, -0.1) is 0 Å². The Morgan fingerprint density at radius 3 is 2.50 bits per heavy atom. The van der Waals surface area contributed by atoms with E-state index >= 15 is 0 Å². The van der Waals surface area contributed by atoms with Crippen molar-refractivity contribution in [1.29, 1.82) is 0 Å². The molecule has 28 heavy (non-hydrogen) atoms. The van der Waals surface area contributed by atoms with Gasteiger partial charge in [0.05, 0.1) is 6.10 Å². The molecule has 1 fully saturated rings. The summed E-state index contributed by atoms with van der Waals surface area (Å²) in [7, 11) is 0. The monoisotopic (exact) mass is 407 g/mol. The number of aliphatic imine (C=N–C) groups is 1. The zero-order valence-corrected chi connectivity index (χ0v) is 15.7. The molecule has 0 spiro atoms. The molecule has 2 aromatic rings. The molecule has 3 rings (SSSR count). The highest BCUT2D eigenvalue weighted by Crippen LogP contribution is 2.19. The third-order valence-electron chi connectivity index (χ3n) is 4.50. The molecule has 1 aliphatic rings. The summed E-state index contributed by atoms with van der Waals surface area (Å²) in [4.78, 5) is 16.5. The number of hydrogen-bond donors (Lipinski definition) is 3. The minimum Gasteiger partial charge on any atom is -0.393 e. The normalized spacial score (nSPS) is 19.9. The van der Waals surface area contributed by atoms with Crippen LogP contribution in [0.3, 0.4) is 0 Å². The molecule has 0 aromatic heterocycles. The molecule has 3 N–H and O–H groups in total.